The SMILES string of the molecule is CCOc1ccc(CN(C)C(=O)COC(=O)c2[nH]c3ccccc3c2Cl)cc1. The number of amides is 1. The Hall–Kier alpha value is -2.99. The number of carbonyl (C=O) groups is 2. The fourth-order valence-electron chi connectivity index (χ4n) is 2.78. The predicted octanol–water partition coefficient (Wildman–Crippen LogP) is 4.04. The Bertz CT molecular complexity index is 982. The minimum absolute atomic E-state index is 0.143. The van der Waals surface area contributed by atoms with E-state index in [1.54, 1.807) is 13.1 Å². The first-order chi connectivity index (χ1) is 13.5. The van der Waals surface area contributed by atoms with Crippen LogP contribution in [0.1, 0.15) is 23.0 Å². The molecule has 28 heavy (non-hydrogen) atoms. The summed E-state index contributed by atoms with van der Waals surface area (Å²) in [7, 11) is 1.66. The topological polar surface area (TPSA) is 71.6 Å². The van der Waals surface area contributed by atoms with E-state index in [0.717, 1.165) is 22.2 Å². The number of H-pyrrole nitrogens is 1. The Morgan fingerprint density at radius 3 is 2.50 bits per heavy atom. The van der Waals surface area contributed by atoms with Gasteiger partial charge in [-0.25, -0.2) is 4.79 Å². The molecule has 1 N–H and O–H groups in total. The lowest BCUT2D eigenvalue weighted by Crippen LogP contribution is -2.30. The number of nitrogens with zero attached hydrogens (tertiary/aromatic N) is 1. The second-order valence-corrected chi connectivity index (χ2v) is 6.64. The van der Waals surface area contributed by atoms with Gasteiger partial charge in [-0.3, -0.25) is 4.79 Å². The first-order valence-corrected chi connectivity index (χ1v) is 9.26. The van der Waals surface area contributed by atoms with Crippen LogP contribution in [-0.2, 0) is 16.1 Å². The normalized spacial score (nSPS) is 10.7. The molecule has 0 atom stereocenters. The maximum atomic E-state index is 12.3. The highest BCUT2D eigenvalue weighted by Gasteiger charge is 2.19. The van der Waals surface area contributed by atoms with Crippen molar-refractivity contribution >= 4 is 34.4 Å². The summed E-state index contributed by atoms with van der Waals surface area (Å²) in [5.41, 5.74) is 1.83. The maximum Gasteiger partial charge on any atom is 0.356 e. The fraction of sp³-hybridized carbons (Fsp3) is 0.238. The van der Waals surface area contributed by atoms with Gasteiger partial charge in [0.2, 0.25) is 0 Å². The molecule has 0 radical (unpaired) electrons. The van der Waals surface area contributed by atoms with Crippen molar-refractivity contribution in [3.05, 3.63) is 64.8 Å². The number of rotatable bonds is 7. The number of benzene rings is 2. The third-order valence-corrected chi connectivity index (χ3v) is 4.65. The lowest BCUT2D eigenvalue weighted by atomic mass is 10.2. The van der Waals surface area contributed by atoms with Crippen LogP contribution in [0.25, 0.3) is 10.9 Å². The number of halogens is 1. The fourth-order valence-corrected chi connectivity index (χ4v) is 3.07. The number of aromatic nitrogens is 1. The van der Waals surface area contributed by atoms with E-state index in [-0.39, 0.29) is 23.2 Å². The monoisotopic (exact) mass is 400 g/mol. The van der Waals surface area contributed by atoms with E-state index < -0.39 is 5.97 Å². The average Bonchev–Trinajstić information content (AvgIpc) is 3.04. The number of hydrogen-bond donors (Lipinski definition) is 1. The predicted molar refractivity (Wildman–Crippen MR) is 108 cm³/mol. The van der Waals surface area contributed by atoms with Crippen LogP contribution in [0, 0.1) is 0 Å². The number of likely N-dealkylation sites (N-methyl/N-ethyl adjacent to an activating group) is 1. The van der Waals surface area contributed by atoms with Gasteiger partial charge in [-0.2, -0.15) is 0 Å². The number of nitrogens with one attached hydrogen (secondary N) is 1. The molecule has 146 valence electrons. The third kappa shape index (κ3) is 4.46. The lowest BCUT2D eigenvalue weighted by molar-refractivity contribution is -0.133. The van der Waals surface area contributed by atoms with Crippen molar-refractivity contribution in [3.8, 4) is 5.75 Å². The summed E-state index contributed by atoms with van der Waals surface area (Å²) in [5, 5.41) is 1.02. The molecule has 0 fully saturated rings. The summed E-state index contributed by atoms with van der Waals surface area (Å²) >= 11 is 6.23. The number of carbonyl (C=O) groups excluding carboxylic acids is 2. The van der Waals surface area contributed by atoms with E-state index in [1.165, 1.54) is 4.90 Å². The van der Waals surface area contributed by atoms with Crippen molar-refractivity contribution in [1.29, 1.82) is 0 Å². The van der Waals surface area contributed by atoms with Gasteiger partial charge in [0.15, 0.2) is 6.61 Å². The van der Waals surface area contributed by atoms with E-state index in [0.29, 0.717) is 13.2 Å². The van der Waals surface area contributed by atoms with Crippen LogP contribution in [0.2, 0.25) is 5.02 Å². The minimum Gasteiger partial charge on any atom is -0.494 e. The summed E-state index contributed by atoms with van der Waals surface area (Å²) in [6.07, 6.45) is 0. The number of esters is 1. The number of aromatic amines is 1. The van der Waals surface area contributed by atoms with Crippen LogP contribution < -0.4 is 4.74 Å². The van der Waals surface area contributed by atoms with E-state index in [2.05, 4.69) is 4.98 Å². The van der Waals surface area contributed by atoms with Crippen molar-refractivity contribution < 1.29 is 19.1 Å². The van der Waals surface area contributed by atoms with E-state index in [9.17, 15) is 9.59 Å². The van der Waals surface area contributed by atoms with Crippen molar-refractivity contribution in [1.82, 2.24) is 9.88 Å². The molecule has 0 bridgehead atoms. The van der Waals surface area contributed by atoms with Crippen LogP contribution in [0.4, 0.5) is 0 Å². The highest BCUT2D eigenvalue weighted by molar-refractivity contribution is 6.38. The Labute approximate surface area is 168 Å². The molecule has 0 aliphatic carbocycles. The van der Waals surface area contributed by atoms with Crippen LogP contribution in [0.5, 0.6) is 5.75 Å². The quantitative estimate of drug-likeness (QED) is 0.607. The molecule has 0 spiro atoms. The van der Waals surface area contributed by atoms with Crippen LogP contribution >= 0.6 is 11.6 Å². The van der Waals surface area contributed by atoms with Crippen molar-refractivity contribution in [3.63, 3.8) is 0 Å². The first kappa shape index (κ1) is 19.8. The van der Waals surface area contributed by atoms with Gasteiger partial charge in [-0.05, 0) is 30.7 Å². The Morgan fingerprint density at radius 2 is 1.82 bits per heavy atom. The molecule has 0 aliphatic heterocycles. The zero-order valence-electron chi connectivity index (χ0n) is 15.7. The molecule has 0 saturated heterocycles. The molecule has 2 aromatic carbocycles. The molecular formula is C21H21ClN2O4. The van der Waals surface area contributed by atoms with Gasteiger partial charge in [0.05, 0.1) is 11.6 Å². The Kier molecular flexibility index (Phi) is 6.21. The zero-order chi connectivity index (χ0) is 20.1. The second kappa shape index (κ2) is 8.80. The van der Waals surface area contributed by atoms with Gasteiger partial charge in [0, 0.05) is 24.5 Å². The minimum atomic E-state index is -0.663. The standard InChI is InChI=1S/C21H21ClN2O4/c1-3-27-15-10-8-14(9-11-15)12-24(2)18(25)13-28-21(26)20-19(22)16-6-4-5-7-17(16)23-20/h4-11,23H,3,12-13H2,1-2H3. The van der Waals surface area contributed by atoms with Crippen LogP contribution in [-0.4, -0.2) is 42.0 Å². The molecule has 0 aliphatic rings. The summed E-state index contributed by atoms with van der Waals surface area (Å²) in [6, 6.07) is 14.8. The third-order valence-electron chi connectivity index (χ3n) is 4.25. The largest absolute Gasteiger partial charge is 0.494 e. The lowest BCUT2D eigenvalue weighted by Gasteiger charge is -2.17. The highest BCUT2D eigenvalue weighted by atomic mass is 35.5. The van der Waals surface area contributed by atoms with Crippen LogP contribution in [0.15, 0.2) is 48.5 Å². The molecule has 3 rings (SSSR count). The first-order valence-electron chi connectivity index (χ1n) is 8.88. The molecule has 6 nitrogen and oxygen atoms in total. The van der Waals surface area contributed by atoms with E-state index >= 15 is 0 Å². The summed E-state index contributed by atoms with van der Waals surface area (Å²) in [5.74, 6) is -0.192. The number of ether oxygens (including phenoxy) is 2. The molecular weight excluding hydrogens is 380 g/mol. The molecule has 1 amide bonds. The molecule has 7 heteroatoms. The number of para-hydroxylation sites is 1. The zero-order valence-corrected chi connectivity index (χ0v) is 16.5. The molecule has 3 aromatic rings. The summed E-state index contributed by atoms with van der Waals surface area (Å²) in [4.78, 5) is 29.0. The van der Waals surface area contributed by atoms with Crippen molar-refractivity contribution in [2.45, 2.75) is 13.5 Å². The Balaban J connectivity index is 1.56. The molecule has 0 saturated carbocycles. The van der Waals surface area contributed by atoms with Gasteiger partial charge < -0.3 is 19.4 Å². The van der Waals surface area contributed by atoms with E-state index in [4.69, 9.17) is 21.1 Å². The van der Waals surface area contributed by atoms with E-state index in [1.807, 2.05) is 49.4 Å². The summed E-state index contributed by atoms with van der Waals surface area (Å²) in [6.45, 7) is 2.56. The van der Waals surface area contributed by atoms with Gasteiger partial charge in [0.25, 0.3) is 5.91 Å². The van der Waals surface area contributed by atoms with Gasteiger partial charge in [-0.1, -0.05) is 41.9 Å². The van der Waals surface area contributed by atoms with Gasteiger partial charge >= 0.3 is 5.97 Å². The smallest absolute Gasteiger partial charge is 0.356 e. The van der Waals surface area contributed by atoms with Crippen LogP contribution in [0.3, 0.4) is 0 Å². The highest BCUT2D eigenvalue weighted by Crippen LogP contribution is 2.27. The second-order valence-electron chi connectivity index (χ2n) is 6.26. The van der Waals surface area contributed by atoms with Crippen molar-refractivity contribution in [2.75, 3.05) is 20.3 Å². The van der Waals surface area contributed by atoms with Gasteiger partial charge in [-0.15, -0.1) is 0 Å². The van der Waals surface area contributed by atoms with Crippen molar-refractivity contribution in [2.24, 2.45) is 0 Å². The number of fused-ring (bicyclic) bond motifs is 1. The number of hydrogen-bond acceptors (Lipinski definition) is 4. The molecule has 1 heterocycles. The molecule has 1 aromatic heterocycles. The maximum absolute atomic E-state index is 12.3. The van der Waals surface area contributed by atoms with Gasteiger partial charge in [0.1, 0.15) is 11.4 Å². The average molecular weight is 401 g/mol. The summed E-state index contributed by atoms with van der Waals surface area (Å²) < 4.78 is 10.5. The molecule has 0 unspecified atom stereocenters. The Morgan fingerprint density at radius 1 is 1.11 bits per heavy atom.